The van der Waals surface area contributed by atoms with E-state index in [1.165, 1.54) is 44.1 Å². The lowest BCUT2D eigenvalue weighted by Crippen LogP contribution is -2.13. The largest absolute Gasteiger partial charge is 0.388 e. The first-order chi connectivity index (χ1) is 12.7. The summed E-state index contributed by atoms with van der Waals surface area (Å²) in [5, 5.41) is 10.3. The van der Waals surface area contributed by atoms with Crippen molar-refractivity contribution in [3.8, 4) is 0 Å². The number of Topliss-reactive ketones (excluding diaryl/α,β-unsaturated/α-hetero) is 1. The first-order valence-corrected chi connectivity index (χ1v) is 11.0. The quantitative estimate of drug-likeness (QED) is 0.421. The van der Waals surface area contributed by atoms with Gasteiger partial charge < -0.3 is 5.11 Å². The lowest BCUT2D eigenvalue weighted by atomic mass is 9.84. The van der Waals surface area contributed by atoms with E-state index < -0.39 is 0 Å². The molecule has 146 valence electrons. The Labute approximate surface area is 160 Å². The molecule has 0 heterocycles. The zero-order valence-corrected chi connectivity index (χ0v) is 16.9. The van der Waals surface area contributed by atoms with E-state index >= 15 is 0 Å². The van der Waals surface area contributed by atoms with E-state index in [4.69, 9.17) is 0 Å². The molecule has 3 atom stereocenters. The number of hydrogen-bond acceptors (Lipinski definition) is 2. The number of carbonyl (C=O) groups excluding carboxylic acids is 1. The Kier molecular flexibility index (Phi) is 9.39. The van der Waals surface area contributed by atoms with Crippen molar-refractivity contribution in [3.05, 3.63) is 35.4 Å². The Morgan fingerprint density at radius 3 is 2.31 bits per heavy atom. The fraction of sp³-hybridized carbons (Fsp3) is 0.708. The number of hydrogen-bond donors (Lipinski definition) is 1. The van der Waals surface area contributed by atoms with Crippen LogP contribution in [0.1, 0.15) is 114 Å². The fourth-order valence-corrected chi connectivity index (χ4v) is 4.34. The summed E-state index contributed by atoms with van der Waals surface area (Å²) in [4.78, 5) is 12.4. The van der Waals surface area contributed by atoms with E-state index in [1.807, 2.05) is 0 Å². The van der Waals surface area contributed by atoms with Gasteiger partial charge in [0, 0.05) is 12.3 Å². The summed E-state index contributed by atoms with van der Waals surface area (Å²) >= 11 is 0. The van der Waals surface area contributed by atoms with Gasteiger partial charge in [0.15, 0.2) is 0 Å². The van der Waals surface area contributed by atoms with Crippen LogP contribution in [0.3, 0.4) is 0 Å². The number of rotatable bonds is 12. The molecule has 1 saturated carbocycles. The molecule has 0 saturated heterocycles. The first-order valence-electron chi connectivity index (χ1n) is 11.0. The minimum absolute atomic E-state index is 0.219. The smallest absolute Gasteiger partial charge is 0.136 e. The number of benzene rings is 1. The molecule has 1 aliphatic rings. The second-order valence-electron chi connectivity index (χ2n) is 8.10. The molecule has 2 heteroatoms. The molecule has 1 N–H and O–H groups in total. The average Bonchev–Trinajstić information content (AvgIpc) is 3.03. The molecular formula is C24H38O2. The molecule has 1 aromatic rings. The fourth-order valence-electron chi connectivity index (χ4n) is 4.34. The summed E-state index contributed by atoms with van der Waals surface area (Å²) in [6.45, 7) is 4.40. The van der Waals surface area contributed by atoms with Crippen LogP contribution in [0.5, 0.6) is 0 Å². The summed E-state index contributed by atoms with van der Waals surface area (Å²) in [5.41, 5.74) is 2.30. The predicted molar refractivity (Wildman–Crippen MR) is 109 cm³/mol. The molecule has 2 rings (SSSR count). The van der Waals surface area contributed by atoms with Crippen molar-refractivity contribution in [3.63, 3.8) is 0 Å². The van der Waals surface area contributed by atoms with Gasteiger partial charge in [0.05, 0.1) is 6.10 Å². The minimum Gasteiger partial charge on any atom is -0.388 e. The zero-order chi connectivity index (χ0) is 18.8. The molecule has 0 bridgehead atoms. The molecule has 0 amide bonds. The SMILES string of the molecule is CCCCCCCC[C@H]1C(=O)CC[C@@H]1c1ccc(C(O)CCCC)cc1. The third-order valence-corrected chi connectivity index (χ3v) is 6.05. The van der Waals surface area contributed by atoms with E-state index in [0.29, 0.717) is 11.7 Å². The van der Waals surface area contributed by atoms with Crippen molar-refractivity contribution >= 4 is 5.78 Å². The van der Waals surface area contributed by atoms with E-state index in [0.717, 1.165) is 44.1 Å². The van der Waals surface area contributed by atoms with E-state index in [-0.39, 0.29) is 12.0 Å². The van der Waals surface area contributed by atoms with Crippen LogP contribution in [-0.4, -0.2) is 10.9 Å². The first kappa shape index (κ1) is 21.2. The van der Waals surface area contributed by atoms with Gasteiger partial charge in [-0.1, -0.05) is 89.5 Å². The van der Waals surface area contributed by atoms with Crippen LogP contribution in [0.2, 0.25) is 0 Å². The zero-order valence-electron chi connectivity index (χ0n) is 16.9. The highest BCUT2D eigenvalue weighted by Gasteiger charge is 2.34. The molecular weight excluding hydrogens is 320 g/mol. The Balaban J connectivity index is 1.88. The molecule has 26 heavy (non-hydrogen) atoms. The maximum absolute atomic E-state index is 12.4. The van der Waals surface area contributed by atoms with Crippen molar-refractivity contribution < 1.29 is 9.90 Å². The highest BCUT2D eigenvalue weighted by Crippen LogP contribution is 2.40. The lowest BCUT2D eigenvalue weighted by Gasteiger charge is -2.20. The van der Waals surface area contributed by atoms with Gasteiger partial charge in [-0.15, -0.1) is 0 Å². The van der Waals surface area contributed by atoms with Gasteiger partial charge in [-0.3, -0.25) is 4.79 Å². The monoisotopic (exact) mass is 358 g/mol. The Morgan fingerprint density at radius 2 is 1.62 bits per heavy atom. The van der Waals surface area contributed by atoms with E-state index in [2.05, 4.69) is 38.1 Å². The average molecular weight is 359 g/mol. The molecule has 0 aliphatic heterocycles. The normalized spacial score (nSPS) is 21.3. The van der Waals surface area contributed by atoms with Crippen molar-refractivity contribution in [2.24, 2.45) is 5.92 Å². The highest BCUT2D eigenvalue weighted by atomic mass is 16.3. The number of ketones is 1. The van der Waals surface area contributed by atoms with Crippen LogP contribution in [0, 0.1) is 5.92 Å². The standard InChI is InChI=1S/C24H38O2/c1-3-5-7-8-9-10-11-22-21(17-18-24(22)26)19-13-15-20(16-14-19)23(25)12-6-4-2/h13-16,21-23,25H,3-12,17-18H2,1-2H3/t21-,22-,23?/m1/s1. The van der Waals surface area contributed by atoms with Crippen molar-refractivity contribution in [2.75, 3.05) is 0 Å². The number of unbranched alkanes of at least 4 members (excludes halogenated alkanes) is 6. The minimum atomic E-state index is -0.354. The van der Waals surface area contributed by atoms with E-state index in [1.54, 1.807) is 0 Å². The van der Waals surface area contributed by atoms with Gasteiger partial charge in [-0.05, 0) is 36.3 Å². The van der Waals surface area contributed by atoms with Crippen LogP contribution in [0.15, 0.2) is 24.3 Å². The maximum atomic E-state index is 12.4. The molecule has 0 spiro atoms. The Hall–Kier alpha value is -1.15. The summed E-state index contributed by atoms with van der Waals surface area (Å²) in [6, 6.07) is 8.45. The summed E-state index contributed by atoms with van der Waals surface area (Å²) in [5.74, 6) is 1.08. The third-order valence-electron chi connectivity index (χ3n) is 6.05. The molecule has 0 radical (unpaired) electrons. The third kappa shape index (κ3) is 6.23. The topological polar surface area (TPSA) is 37.3 Å². The van der Waals surface area contributed by atoms with Crippen LogP contribution in [-0.2, 0) is 4.79 Å². The van der Waals surface area contributed by atoms with Gasteiger partial charge in [0.1, 0.15) is 5.78 Å². The van der Waals surface area contributed by atoms with Gasteiger partial charge in [0.25, 0.3) is 0 Å². The molecule has 1 fully saturated rings. The van der Waals surface area contributed by atoms with E-state index in [9.17, 15) is 9.90 Å². The number of aliphatic hydroxyl groups is 1. The van der Waals surface area contributed by atoms with Gasteiger partial charge in [0.2, 0.25) is 0 Å². The maximum Gasteiger partial charge on any atom is 0.136 e. The second kappa shape index (κ2) is 11.5. The number of carbonyl (C=O) groups is 1. The summed E-state index contributed by atoms with van der Waals surface area (Å²) in [7, 11) is 0. The molecule has 0 aromatic heterocycles. The van der Waals surface area contributed by atoms with Gasteiger partial charge >= 0.3 is 0 Å². The van der Waals surface area contributed by atoms with Crippen molar-refractivity contribution in [1.29, 1.82) is 0 Å². The Bertz CT molecular complexity index is 520. The van der Waals surface area contributed by atoms with Gasteiger partial charge in [-0.2, -0.15) is 0 Å². The Morgan fingerprint density at radius 1 is 0.962 bits per heavy atom. The second-order valence-corrected chi connectivity index (χ2v) is 8.10. The van der Waals surface area contributed by atoms with Crippen LogP contribution in [0.25, 0.3) is 0 Å². The van der Waals surface area contributed by atoms with Crippen LogP contribution < -0.4 is 0 Å². The number of aliphatic hydroxyl groups excluding tert-OH is 1. The predicted octanol–water partition coefficient (Wildman–Crippen LogP) is 6.72. The highest BCUT2D eigenvalue weighted by molar-refractivity contribution is 5.84. The summed E-state index contributed by atoms with van der Waals surface area (Å²) in [6.07, 6.45) is 13.1. The summed E-state index contributed by atoms with van der Waals surface area (Å²) < 4.78 is 0. The van der Waals surface area contributed by atoms with Crippen LogP contribution in [0.4, 0.5) is 0 Å². The van der Waals surface area contributed by atoms with Crippen molar-refractivity contribution in [1.82, 2.24) is 0 Å². The molecule has 1 unspecified atom stereocenters. The van der Waals surface area contributed by atoms with Crippen molar-refractivity contribution in [2.45, 2.75) is 103 Å². The van der Waals surface area contributed by atoms with Crippen LogP contribution >= 0.6 is 0 Å². The molecule has 2 nitrogen and oxygen atoms in total. The molecule has 1 aliphatic carbocycles. The van der Waals surface area contributed by atoms with Gasteiger partial charge in [-0.25, -0.2) is 0 Å². The lowest BCUT2D eigenvalue weighted by molar-refractivity contribution is -0.121. The molecule has 1 aromatic carbocycles.